The summed E-state index contributed by atoms with van der Waals surface area (Å²) in [5, 5.41) is 6.22. The standard InChI is InChI=1S/C28H33N5O4/c1-4-13-31(28(36)29-14-21-9-6-5-7-10-21)32-17-25(34)33-20(3)27(35)30(16-24(32)33)15-22-11-8-12-23-19(2)18-37-26(22)23/h4-12,19-20,24H,1,13-18H2,2-3H3,(H,29,36)/t19?,20?,24-/m1/s1. The maximum absolute atomic E-state index is 13.3. The molecule has 3 heterocycles. The number of urea groups is 1. The molecule has 2 aromatic rings. The van der Waals surface area contributed by atoms with Gasteiger partial charge in [-0.3, -0.25) is 14.6 Å². The summed E-state index contributed by atoms with van der Waals surface area (Å²) in [5.74, 6) is 0.879. The van der Waals surface area contributed by atoms with E-state index >= 15 is 0 Å². The lowest BCUT2D eigenvalue weighted by Crippen LogP contribution is -2.64. The van der Waals surface area contributed by atoms with Crippen LogP contribution in [0.4, 0.5) is 4.79 Å². The van der Waals surface area contributed by atoms with E-state index in [1.165, 1.54) is 5.01 Å². The number of hydrogen-bond donors (Lipinski definition) is 1. The van der Waals surface area contributed by atoms with Crippen molar-refractivity contribution in [2.45, 2.75) is 45.1 Å². The Hall–Kier alpha value is -3.85. The van der Waals surface area contributed by atoms with Crippen LogP contribution in [0.2, 0.25) is 0 Å². The molecule has 5 rings (SSSR count). The zero-order valence-electron chi connectivity index (χ0n) is 21.3. The zero-order chi connectivity index (χ0) is 26.1. The van der Waals surface area contributed by atoms with Gasteiger partial charge in [0, 0.05) is 30.1 Å². The van der Waals surface area contributed by atoms with E-state index < -0.39 is 12.2 Å². The minimum Gasteiger partial charge on any atom is -0.492 e. The summed E-state index contributed by atoms with van der Waals surface area (Å²) >= 11 is 0. The van der Waals surface area contributed by atoms with Gasteiger partial charge in [-0.15, -0.1) is 6.58 Å². The number of nitrogens with zero attached hydrogens (tertiary/aromatic N) is 4. The van der Waals surface area contributed by atoms with Gasteiger partial charge in [0.1, 0.15) is 18.0 Å². The smallest absolute Gasteiger partial charge is 0.332 e. The molecular formula is C28H33N5O4. The first-order chi connectivity index (χ1) is 17.9. The number of hydrazine groups is 1. The van der Waals surface area contributed by atoms with Crippen molar-refractivity contribution in [3.63, 3.8) is 0 Å². The van der Waals surface area contributed by atoms with Crippen molar-refractivity contribution in [3.8, 4) is 5.75 Å². The first-order valence-electron chi connectivity index (χ1n) is 12.7. The van der Waals surface area contributed by atoms with Crippen molar-refractivity contribution >= 4 is 17.8 Å². The highest BCUT2D eigenvalue weighted by molar-refractivity contribution is 5.91. The molecule has 2 saturated heterocycles. The fraction of sp³-hybridized carbons (Fsp3) is 0.393. The molecule has 37 heavy (non-hydrogen) atoms. The molecule has 2 aromatic carbocycles. The van der Waals surface area contributed by atoms with Crippen molar-refractivity contribution in [1.29, 1.82) is 0 Å². The van der Waals surface area contributed by atoms with Crippen LogP contribution >= 0.6 is 0 Å². The highest BCUT2D eigenvalue weighted by Crippen LogP contribution is 2.38. The summed E-state index contributed by atoms with van der Waals surface area (Å²) < 4.78 is 5.95. The Kier molecular flexibility index (Phi) is 6.88. The largest absolute Gasteiger partial charge is 0.492 e. The number of nitrogens with one attached hydrogen (secondary N) is 1. The first kappa shape index (κ1) is 24.8. The van der Waals surface area contributed by atoms with Crippen LogP contribution in [-0.4, -0.2) is 76.1 Å². The van der Waals surface area contributed by atoms with Crippen molar-refractivity contribution in [2.24, 2.45) is 0 Å². The topological polar surface area (TPSA) is 85.4 Å². The summed E-state index contributed by atoms with van der Waals surface area (Å²) in [6.45, 7) is 9.60. The molecule has 0 aromatic heterocycles. The van der Waals surface area contributed by atoms with Crippen molar-refractivity contribution < 1.29 is 19.1 Å². The lowest BCUT2D eigenvalue weighted by Gasteiger charge is -2.45. The second-order valence-corrected chi connectivity index (χ2v) is 9.84. The number of piperazine rings is 1. The van der Waals surface area contributed by atoms with E-state index in [-0.39, 0.29) is 37.5 Å². The van der Waals surface area contributed by atoms with Crippen molar-refractivity contribution in [2.75, 3.05) is 26.2 Å². The van der Waals surface area contributed by atoms with Gasteiger partial charge >= 0.3 is 6.03 Å². The number of carbonyl (C=O) groups is 3. The molecule has 2 fully saturated rings. The summed E-state index contributed by atoms with van der Waals surface area (Å²) in [4.78, 5) is 43.0. The minimum absolute atomic E-state index is 0.0179. The Morgan fingerprint density at radius 3 is 2.70 bits per heavy atom. The number of benzene rings is 2. The Morgan fingerprint density at radius 1 is 1.16 bits per heavy atom. The molecule has 4 amide bonds. The third-order valence-corrected chi connectivity index (χ3v) is 7.35. The van der Waals surface area contributed by atoms with Gasteiger partial charge in [-0.05, 0) is 12.5 Å². The highest BCUT2D eigenvalue weighted by atomic mass is 16.5. The average Bonchev–Trinajstić information content (AvgIpc) is 3.44. The van der Waals surface area contributed by atoms with Crippen LogP contribution in [0, 0.1) is 0 Å². The number of hydrogen-bond acceptors (Lipinski definition) is 5. The number of carbonyl (C=O) groups excluding carboxylic acids is 3. The number of para-hydroxylation sites is 1. The van der Waals surface area contributed by atoms with Crippen molar-refractivity contribution in [3.05, 3.63) is 77.9 Å². The van der Waals surface area contributed by atoms with Crippen LogP contribution in [-0.2, 0) is 22.7 Å². The van der Waals surface area contributed by atoms with E-state index in [1.807, 2.05) is 42.5 Å². The maximum Gasteiger partial charge on any atom is 0.332 e. The number of ether oxygens (including phenoxy) is 1. The Morgan fingerprint density at radius 2 is 1.95 bits per heavy atom. The second-order valence-electron chi connectivity index (χ2n) is 9.84. The van der Waals surface area contributed by atoms with Gasteiger partial charge in [0.15, 0.2) is 0 Å². The van der Waals surface area contributed by atoms with Crippen LogP contribution in [0.5, 0.6) is 5.75 Å². The van der Waals surface area contributed by atoms with Gasteiger partial charge < -0.3 is 19.9 Å². The van der Waals surface area contributed by atoms with E-state index in [4.69, 9.17) is 4.74 Å². The van der Waals surface area contributed by atoms with E-state index in [2.05, 4.69) is 24.9 Å². The SMILES string of the molecule is C=CCN(C(=O)NCc1ccccc1)N1CC(=O)N2C(C)C(=O)N(Cc3cccc4c3OCC4C)C[C@@H]21. The zero-order valence-corrected chi connectivity index (χ0v) is 21.3. The van der Waals surface area contributed by atoms with Crippen LogP contribution in [0.25, 0.3) is 0 Å². The van der Waals surface area contributed by atoms with Gasteiger partial charge in [-0.2, -0.15) is 5.01 Å². The van der Waals surface area contributed by atoms with Gasteiger partial charge in [-0.25, -0.2) is 4.79 Å². The molecule has 0 bridgehead atoms. The van der Waals surface area contributed by atoms with E-state index in [0.717, 1.165) is 22.4 Å². The predicted octanol–water partition coefficient (Wildman–Crippen LogP) is 2.70. The Labute approximate surface area is 217 Å². The van der Waals surface area contributed by atoms with Crippen LogP contribution in [0.3, 0.4) is 0 Å². The molecule has 194 valence electrons. The summed E-state index contributed by atoms with van der Waals surface area (Å²) in [6.07, 6.45) is 1.18. The lowest BCUT2D eigenvalue weighted by molar-refractivity contribution is -0.156. The molecule has 2 unspecified atom stereocenters. The normalized spacial score (nSPS) is 22.9. The summed E-state index contributed by atoms with van der Waals surface area (Å²) in [7, 11) is 0. The molecule has 3 atom stereocenters. The highest BCUT2D eigenvalue weighted by Gasteiger charge is 2.50. The molecule has 3 aliphatic rings. The molecular weight excluding hydrogens is 470 g/mol. The Bertz CT molecular complexity index is 1200. The monoisotopic (exact) mass is 503 g/mol. The van der Waals surface area contributed by atoms with Gasteiger partial charge in [0.05, 0.1) is 26.2 Å². The van der Waals surface area contributed by atoms with Gasteiger partial charge in [0.2, 0.25) is 11.8 Å². The summed E-state index contributed by atoms with van der Waals surface area (Å²) in [6, 6.07) is 14.7. The molecule has 0 saturated carbocycles. The average molecular weight is 504 g/mol. The van der Waals surface area contributed by atoms with E-state index in [9.17, 15) is 14.4 Å². The molecule has 0 aliphatic carbocycles. The number of fused-ring (bicyclic) bond motifs is 2. The van der Waals surface area contributed by atoms with E-state index in [0.29, 0.717) is 25.6 Å². The Balaban J connectivity index is 1.36. The maximum atomic E-state index is 13.3. The third-order valence-electron chi connectivity index (χ3n) is 7.35. The molecule has 9 nitrogen and oxygen atoms in total. The fourth-order valence-electron chi connectivity index (χ4n) is 5.44. The minimum atomic E-state index is -0.634. The molecule has 0 radical (unpaired) electrons. The first-order valence-corrected chi connectivity index (χ1v) is 12.7. The fourth-order valence-corrected chi connectivity index (χ4v) is 5.44. The molecule has 9 heteroatoms. The van der Waals surface area contributed by atoms with Gasteiger partial charge in [-0.1, -0.05) is 61.5 Å². The van der Waals surface area contributed by atoms with Crippen molar-refractivity contribution in [1.82, 2.24) is 25.1 Å². The van der Waals surface area contributed by atoms with Crippen LogP contribution in [0.1, 0.15) is 36.5 Å². The predicted molar refractivity (Wildman–Crippen MR) is 138 cm³/mol. The lowest BCUT2D eigenvalue weighted by atomic mass is 10.00. The molecule has 0 spiro atoms. The number of amides is 4. The summed E-state index contributed by atoms with van der Waals surface area (Å²) in [5.41, 5.74) is 3.08. The number of rotatable bonds is 7. The van der Waals surface area contributed by atoms with E-state index in [1.54, 1.807) is 27.8 Å². The third kappa shape index (κ3) is 4.67. The quantitative estimate of drug-likeness (QED) is 0.588. The molecule has 1 N–H and O–H groups in total. The van der Waals surface area contributed by atoms with Crippen LogP contribution in [0.15, 0.2) is 61.2 Å². The molecule has 3 aliphatic heterocycles. The second kappa shape index (κ2) is 10.3. The van der Waals surface area contributed by atoms with Gasteiger partial charge in [0.25, 0.3) is 0 Å². The van der Waals surface area contributed by atoms with Crippen LogP contribution < -0.4 is 10.1 Å².